The minimum atomic E-state index is -0.867. The summed E-state index contributed by atoms with van der Waals surface area (Å²) in [5, 5.41) is 13.0. The van der Waals surface area contributed by atoms with Crippen LogP contribution in [0.25, 0.3) is 17.5 Å². The van der Waals surface area contributed by atoms with Crippen LogP contribution in [0.15, 0.2) is 58.9 Å². The van der Waals surface area contributed by atoms with E-state index in [1.807, 2.05) is 19.1 Å². The SMILES string of the molecule is C.COC(=O)/C=c1\sc2n(c1=O)C(N)=C(C#N)C(c1ccc(OC)cc1)C=2C(=O)Nc1ccccc1C. The van der Waals surface area contributed by atoms with Gasteiger partial charge in [0.25, 0.3) is 11.5 Å². The van der Waals surface area contributed by atoms with E-state index in [0.717, 1.165) is 27.5 Å². The molecule has 1 aliphatic heterocycles. The van der Waals surface area contributed by atoms with E-state index < -0.39 is 23.4 Å². The quantitative estimate of drug-likeness (QED) is 0.493. The molecule has 0 saturated carbocycles. The molecule has 3 N–H and O–H groups in total. The third-order valence-electron chi connectivity index (χ3n) is 5.81. The van der Waals surface area contributed by atoms with Gasteiger partial charge in [-0.1, -0.05) is 37.8 Å². The summed E-state index contributed by atoms with van der Waals surface area (Å²) in [6.07, 6.45) is 1.04. The number of carbonyl (C=O) groups excluding carboxylic acids is 2. The summed E-state index contributed by atoms with van der Waals surface area (Å²) in [4.78, 5) is 38.9. The number of para-hydroxylation sites is 1. The van der Waals surface area contributed by atoms with Gasteiger partial charge in [0.15, 0.2) is 0 Å². The Labute approximate surface area is 217 Å². The van der Waals surface area contributed by atoms with Crippen molar-refractivity contribution in [3.8, 4) is 11.8 Å². The molecule has 2 heterocycles. The van der Waals surface area contributed by atoms with Gasteiger partial charge in [-0.05, 0) is 36.2 Å². The van der Waals surface area contributed by atoms with Crippen LogP contribution in [0, 0.1) is 18.3 Å². The highest BCUT2D eigenvalue weighted by molar-refractivity contribution is 7.07. The highest BCUT2D eigenvalue weighted by Gasteiger charge is 2.35. The number of nitriles is 1. The number of rotatable bonds is 5. The van der Waals surface area contributed by atoms with Gasteiger partial charge in [0.2, 0.25) is 0 Å². The van der Waals surface area contributed by atoms with Gasteiger partial charge < -0.3 is 20.5 Å². The predicted molar refractivity (Wildman–Crippen MR) is 143 cm³/mol. The van der Waals surface area contributed by atoms with E-state index in [1.165, 1.54) is 14.2 Å². The lowest BCUT2D eigenvalue weighted by Crippen LogP contribution is -2.40. The second-order valence-corrected chi connectivity index (χ2v) is 8.91. The maximum Gasteiger partial charge on any atom is 0.332 e. The fraction of sp³-hybridized carbons (Fsp3) is 0.185. The molecule has 2 aromatic carbocycles. The molecule has 0 bridgehead atoms. The van der Waals surface area contributed by atoms with Gasteiger partial charge in [0.05, 0.1) is 37.4 Å². The molecule has 1 aromatic heterocycles. The molecule has 0 fully saturated rings. The molecule has 0 spiro atoms. The van der Waals surface area contributed by atoms with E-state index in [2.05, 4.69) is 16.1 Å². The molecule has 1 atom stereocenters. The smallest absolute Gasteiger partial charge is 0.332 e. The topological polar surface area (TPSA) is 136 Å². The summed E-state index contributed by atoms with van der Waals surface area (Å²) >= 11 is 0.927. The van der Waals surface area contributed by atoms with Crippen molar-refractivity contribution in [3.63, 3.8) is 0 Å². The van der Waals surface area contributed by atoms with Crippen molar-refractivity contribution < 1.29 is 19.1 Å². The van der Waals surface area contributed by atoms with Crippen LogP contribution in [0.4, 0.5) is 5.69 Å². The molecule has 9 nitrogen and oxygen atoms in total. The fourth-order valence-electron chi connectivity index (χ4n) is 3.97. The van der Waals surface area contributed by atoms with Crippen LogP contribution in [-0.2, 0) is 14.3 Å². The monoisotopic (exact) mass is 518 g/mol. The van der Waals surface area contributed by atoms with E-state index in [0.29, 0.717) is 17.0 Å². The van der Waals surface area contributed by atoms with Gasteiger partial charge in [-0.25, -0.2) is 4.79 Å². The second kappa shape index (κ2) is 11.0. The lowest BCUT2D eigenvalue weighted by atomic mass is 9.83. The van der Waals surface area contributed by atoms with Gasteiger partial charge in [0, 0.05) is 11.8 Å². The van der Waals surface area contributed by atoms with Gasteiger partial charge in [0.1, 0.15) is 20.8 Å². The molecule has 0 saturated heterocycles. The number of hydrogen-bond donors (Lipinski definition) is 2. The van der Waals surface area contributed by atoms with Gasteiger partial charge in [-0.2, -0.15) is 5.26 Å². The Kier molecular flexibility index (Phi) is 8.00. The number of esters is 1. The highest BCUT2D eigenvalue weighted by atomic mass is 32.1. The Morgan fingerprint density at radius 2 is 1.84 bits per heavy atom. The largest absolute Gasteiger partial charge is 0.497 e. The number of carbonyl (C=O) groups is 2. The molecule has 10 heteroatoms. The first-order valence-corrected chi connectivity index (χ1v) is 11.6. The van der Waals surface area contributed by atoms with Crippen LogP contribution < -0.4 is 30.5 Å². The molecule has 0 aliphatic carbocycles. The van der Waals surface area contributed by atoms with Crippen LogP contribution in [0.2, 0.25) is 0 Å². The average Bonchev–Trinajstić information content (AvgIpc) is 3.20. The van der Waals surface area contributed by atoms with E-state index in [1.54, 1.807) is 36.4 Å². The highest BCUT2D eigenvalue weighted by Crippen LogP contribution is 2.37. The van der Waals surface area contributed by atoms with E-state index >= 15 is 0 Å². The first-order valence-electron chi connectivity index (χ1n) is 10.8. The molecule has 190 valence electrons. The molecule has 4 rings (SSSR count). The maximum absolute atomic E-state index is 13.8. The third kappa shape index (κ3) is 4.90. The Hall–Kier alpha value is -4.62. The molecule has 1 unspecified atom stereocenters. The summed E-state index contributed by atoms with van der Waals surface area (Å²) in [5.41, 5.74) is 7.91. The zero-order valence-electron chi connectivity index (χ0n) is 19.7. The number of aromatic nitrogens is 1. The van der Waals surface area contributed by atoms with Gasteiger partial charge >= 0.3 is 5.97 Å². The van der Waals surface area contributed by atoms with Crippen LogP contribution >= 0.6 is 11.3 Å². The van der Waals surface area contributed by atoms with Crippen molar-refractivity contribution in [2.45, 2.75) is 20.3 Å². The average molecular weight is 519 g/mol. The number of fused-ring (bicyclic) bond motifs is 1. The maximum atomic E-state index is 13.8. The molecule has 1 amide bonds. The summed E-state index contributed by atoms with van der Waals surface area (Å²) in [6, 6.07) is 16.2. The molecule has 0 radical (unpaired) electrons. The number of amides is 1. The van der Waals surface area contributed by atoms with Gasteiger partial charge in [-0.3, -0.25) is 14.2 Å². The number of methoxy groups -OCH3 is 2. The van der Waals surface area contributed by atoms with Crippen molar-refractivity contribution in [1.82, 2.24) is 4.57 Å². The van der Waals surface area contributed by atoms with Crippen LogP contribution in [-0.4, -0.2) is 30.7 Å². The van der Waals surface area contributed by atoms with Crippen molar-refractivity contribution in [1.29, 1.82) is 5.26 Å². The van der Waals surface area contributed by atoms with Crippen molar-refractivity contribution in [2.24, 2.45) is 5.73 Å². The van der Waals surface area contributed by atoms with Crippen LogP contribution in [0.1, 0.15) is 24.5 Å². The lowest BCUT2D eigenvalue weighted by Gasteiger charge is -2.25. The number of nitrogens with zero attached hydrogens (tertiary/aromatic N) is 2. The third-order valence-corrected chi connectivity index (χ3v) is 6.91. The van der Waals surface area contributed by atoms with Crippen molar-refractivity contribution in [2.75, 3.05) is 19.5 Å². The van der Waals surface area contributed by atoms with E-state index in [9.17, 15) is 19.6 Å². The summed E-state index contributed by atoms with van der Waals surface area (Å²) in [6.45, 7) is 1.85. The standard InChI is InChI=1S/C26H22N4O5S.CH4/c1-14-6-4-5-7-18(14)29-24(32)22-21(15-8-10-16(34-2)11-9-15)17(13-27)23(28)30-25(33)19(36-26(22)30)12-20(31)35-3;/h4-12,21H,28H2,1-3H3,(H,29,32);1H4/b19-12-;. The molecular formula is C27H26N4O5S. The van der Waals surface area contributed by atoms with Crippen LogP contribution in [0.5, 0.6) is 5.75 Å². The summed E-state index contributed by atoms with van der Waals surface area (Å²) < 4.78 is 11.2. The number of ether oxygens (including phenoxy) is 2. The molecule has 3 aromatic rings. The Bertz CT molecular complexity index is 1620. The summed E-state index contributed by atoms with van der Waals surface area (Å²) in [5.74, 6) is -1.61. The number of anilines is 1. The number of thiazole rings is 1. The molecular weight excluding hydrogens is 492 g/mol. The summed E-state index contributed by atoms with van der Waals surface area (Å²) in [7, 11) is 2.73. The zero-order valence-corrected chi connectivity index (χ0v) is 20.5. The molecule has 37 heavy (non-hydrogen) atoms. The normalized spacial score (nSPS) is 14.8. The van der Waals surface area contributed by atoms with Crippen molar-refractivity contribution in [3.05, 3.63) is 84.8 Å². The van der Waals surface area contributed by atoms with E-state index in [-0.39, 0.29) is 33.6 Å². The fourth-order valence-corrected chi connectivity index (χ4v) is 5.10. The minimum absolute atomic E-state index is 0. The van der Waals surface area contributed by atoms with E-state index in [4.69, 9.17) is 10.5 Å². The number of aryl methyl sites for hydroxylation is 1. The number of nitrogens with one attached hydrogen (secondary N) is 1. The first kappa shape index (κ1) is 27.0. The minimum Gasteiger partial charge on any atom is -0.497 e. The predicted octanol–water partition coefficient (Wildman–Crippen LogP) is 2.05. The number of nitrogens with two attached hydrogens (primary N) is 1. The number of hydrogen-bond acceptors (Lipinski definition) is 8. The first-order chi connectivity index (χ1) is 17.3. The Morgan fingerprint density at radius 1 is 1.16 bits per heavy atom. The van der Waals surface area contributed by atoms with Crippen molar-refractivity contribution >= 4 is 46.4 Å². The Balaban J connectivity index is 0.00000380. The second-order valence-electron chi connectivity index (χ2n) is 7.88. The lowest BCUT2D eigenvalue weighted by molar-refractivity contribution is -0.133. The van der Waals surface area contributed by atoms with Gasteiger partial charge in [-0.15, -0.1) is 11.3 Å². The number of allylic oxidation sites excluding steroid dienone is 1. The zero-order chi connectivity index (χ0) is 26.0. The Morgan fingerprint density at radius 3 is 2.43 bits per heavy atom. The number of benzene rings is 2. The molecule has 1 aliphatic rings. The van der Waals surface area contributed by atoms with Crippen LogP contribution in [0.3, 0.4) is 0 Å².